The molecule has 4 saturated carbocycles. The van der Waals surface area contributed by atoms with Crippen LogP contribution in [0.25, 0.3) is 5.57 Å². The summed E-state index contributed by atoms with van der Waals surface area (Å²) in [4.78, 5) is 25.2. The highest BCUT2D eigenvalue weighted by molar-refractivity contribution is 5.88. The van der Waals surface area contributed by atoms with Crippen LogP contribution >= 0.6 is 0 Å². The fraction of sp³-hybridized carbons (Fsp3) is 0.730. The second-order valence-corrected chi connectivity index (χ2v) is 15.9. The number of nitrogens with one attached hydrogen (secondary N) is 2. The van der Waals surface area contributed by atoms with E-state index in [0.29, 0.717) is 66.1 Å². The monoisotopic (exact) mass is 590 g/mol. The minimum atomic E-state index is -0.872. The predicted molar refractivity (Wildman–Crippen MR) is 170 cm³/mol. The van der Waals surface area contributed by atoms with Crippen molar-refractivity contribution in [3.05, 3.63) is 41.5 Å². The smallest absolute Gasteiger partial charge is 0.335 e. The number of hydrogen-bond donors (Lipinski definition) is 4. The van der Waals surface area contributed by atoms with Crippen LogP contribution in [0.2, 0.25) is 0 Å². The Balaban J connectivity index is 1.22. The Kier molecular flexibility index (Phi) is 8.11. The number of carbonyl (C=O) groups is 2. The summed E-state index contributed by atoms with van der Waals surface area (Å²) >= 11 is 0. The molecule has 0 saturated heterocycles. The fourth-order valence-electron chi connectivity index (χ4n) is 12.1. The van der Waals surface area contributed by atoms with Gasteiger partial charge in [-0.2, -0.15) is 0 Å². The van der Waals surface area contributed by atoms with Crippen LogP contribution in [0, 0.1) is 51.2 Å². The van der Waals surface area contributed by atoms with E-state index >= 15 is 0 Å². The van der Waals surface area contributed by atoms with Gasteiger partial charge >= 0.3 is 5.97 Å². The maximum absolute atomic E-state index is 13.8. The molecular formula is C37H54N2O4. The second-order valence-electron chi connectivity index (χ2n) is 15.9. The molecule has 0 aliphatic heterocycles. The molecule has 1 amide bonds. The van der Waals surface area contributed by atoms with E-state index in [0.717, 1.165) is 19.3 Å². The summed E-state index contributed by atoms with van der Waals surface area (Å²) in [5.74, 6) is 2.58. The van der Waals surface area contributed by atoms with Crippen LogP contribution in [-0.4, -0.2) is 48.3 Å². The molecule has 0 bridgehead atoms. The van der Waals surface area contributed by atoms with Gasteiger partial charge in [-0.25, -0.2) is 4.79 Å². The van der Waals surface area contributed by atoms with Crippen LogP contribution in [0.15, 0.2) is 30.3 Å². The molecule has 6 heteroatoms. The molecule has 8 atom stereocenters. The molecule has 43 heavy (non-hydrogen) atoms. The first kappa shape index (κ1) is 30.8. The Bertz CT molecular complexity index is 1260. The number of amides is 1. The summed E-state index contributed by atoms with van der Waals surface area (Å²) < 4.78 is 0. The average Bonchev–Trinajstić information content (AvgIpc) is 3.43. The standard InChI is InChI=1S/C37H54N2O4/c1-34(2)27(24-7-9-25(10-8-24)32(41)42)13-17-36(4)30(34)15-18-35(3)28-14-19-37(33(43)39-21-20-38-22-23-40)16-5-6-29(37)26(28)11-12-31(35)36/h7-10,13,26,28-31,38,40H,5-6,11-12,14-23H2,1-4H3,(H,39,43)(H,41,42)/t26-,28?,29?,30?,31?,35-,36-,37-/m0/s1. The van der Waals surface area contributed by atoms with Crippen molar-refractivity contribution in [1.29, 1.82) is 0 Å². The van der Waals surface area contributed by atoms with Gasteiger partial charge in [-0.1, -0.05) is 52.3 Å². The molecule has 0 heterocycles. The second kappa shape index (κ2) is 11.3. The predicted octanol–water partition coefficient (Wildman–Crippen LogP) is 6.54. The topological polar surface area (TPSA) is 98.7 Å². The molecule has 0 radical (unpaired) electrons. The molecule has 6 nitrogen and oxygen atoms in total. The van der Waals surface area contributed by atoms with Crippen LogP contribution in [-0.2, 0) is 4.79 Å². The Morgan fingerprint density at radius 2 is 1.60 bits per heavy atom. The first-order valence-electron chi connectivity index (χ1n) is 17.1. The Labute approximate surface area is 258 Å². The SMILES string of the molecule is CC1(C)C(c2ccc(C(=O)O)cc2)=CC[C@@]2(C)C1CC[C@@]1(C)C3CC[C@@]4(C(=O)NCCNCCO)CCCC4[C@H]3CCC12. The van der Waals surface area contributed by atoms with Crippen LogP contribution < -0.4 is 10.6 Å². The van der Waals surface area contributed by atoms with Crippen LogP contribution in [0.4, 0.5) is 0 Å². The molecule has 1 aromatic rings. The first-order chi connectivity index (χ1) is 20.5. The molecule has 4 unspecified atom stereocenters. The lowest BCUT2D eigenvalue weighted by atomic mass is 9.36. The molecule has 6 rings (SSSR count). The fourth-order valence-corrected chi connectivity index (χ4v) is 12.1. The van der Waals surface area contributed by atoms with Crippen molar-refractivity contribution in [2.24, 2.45) is 51.2 Å². The van der Waals surface area contributed by atoms with Gasteiger partial charge in [0.1, 0.15) is 0 Å². The zero-order valence-electron chi connectivity index (χ0n) is 26.9. The van der Waals surface area contributed by atoms with E-state index in [1.54, 1.807) is 12.1 Å². The number of aliphatic hydroxyl groups is 1. The number of aliphatic hydroxyl groups excluding tert-OH is 1. The summed E-state index contributed by atoms with van der Waals surface area (Å²) in [6.07, 6.45) is 14.3. The third-order valence-electron chi connectivity index (χ3n) is 13.9. The van der Waals surface area contributed by atoms with Crippen molar-refractivity contribution < 1.29 is 19.8 Å². The zero-order chi connectivity index (χ0) is 30.6. The van der Waals surface area contributed by atoms with Gasteiger partial charge < -0.3 is 20.8 Å². The third kappa shape index (κ3) is 4.81. The number of carbonyl (C=O) groups excluding carboxylic acids is 1. The molecule has 4 fully saturated rings. The molecule has 0 spiro atoms. The Morgan fingerprint density at radius 1 is 0.837 bits per heavy atom. The van der Waals surface area contributed by atoms with E-state index in [4.69, 9.17) is 5.11 Å². The zero-order valence-corrected chi connectivity index (χ0v) is 26.9. The van der Waals surface area contributed by atoms with E-state index in [-0.39, 0.29) is 22.9 Å². The van der Waals surface area contributed by atoms with Gasteiger partial charge in [0.2, 0.25) is 5.91 Å². The van der Waals surface area contributed by atoms with E-state index in [9.17, 15) is 14.7 Å². The van der Waals surface area contributed by atoms with Crippen molar-refractivity contribution in [1.82, 2.24) is 10.6 Å². The number of fused-ring (bicyclic) bond motifs is 7. The maximum atomic E-state index is 13.8. The highest BCUT2D eigenvalue weighted by Gasteiger charge is 2.66. The minimum Gasteiger partial charge on any atom is -0.478 e. The average molecular weight is 591 g/mol. The summed E-state index contributed by atoms with van der Waals surface area (Å²) in [7, 11) is 0. The van der Waals surface area contributed by atoms with Gasteiger partial charge in [0.15, 0.2) is 0 Å². The quantitative estimate of drug-likeness (QED) is 0.258. The molecule has 1 aromatic carbocycles. The Hall–Kier alpha value is -2.18. The van der Waals surface area contributed by atoms with Crippen molar-refractivity contribution >= 4 is 17.4 Å². The van der Waals surface area contributed by atoms with Crippen molar-refractivity contribution in [2.75, 3.05) is 26.2 Å². The number of rotatable bonds is 8. The van der Waals surface area contributed by atoms with Gasteiger partial charge in [-0.3, -0.25) is 4.79 Å². The number of benzene rings is 1. The highest BCUT2D eigenvalue weighted by Crippen LogP contribution is 2.73. The molecule has 5 aliphatic rings. The highest BCUT2D eigenvalue weighted by atomic mass is 16.4. The van der Waals surface area contributed by atoms with Gasteiger partial charge in [0.25, 0.3) is 0 Å². The number of carboxylic acids is 1. The largest absolute Gasteiger partial charge is 0.478 e. The lowest BCUT2D eigenvalue weighted by Gasteiger charge is -2.68. The van der Waals surface area contributed by atoms with E-state index in [2.05, 4.69) is 44.4 Å². The van der Waals surface area contributed by atoms with E-state index < -0.39 is 5.97 Å². The van der Waals surface area contributed by atoms with Gasteiger partial charge in [-0.05, 0) is 127 Å². The lowest BCUT2D eigenvalue weighted by molar-refractivity contribution is -0.181. The summed E-state index contributed by atoms with van der Waals surface area (Å²) in [6.45, 7) is 12.2. The number of hydrogen-bond acceptors (Lipinski definition) is 4. The van der Waals surface area contributed by atoms with Gasteiger partial charge in [-0.15, -0.1) is 0 Å². The summed E-state index contributed by atoms with van der Waals surface area (Å²) in [6, 6.07) is 7.52. The minimum absolute atomic E-state index is 0.0210. The van der Waals surface area contributed by atoms with E-state index in [1.165, 1.54) is 56.1 Å². The van der Waals surface area contributed by atoms with Crippen molar-refractivity contribution in [2.45, 2.75) is 91.9 Å². The van der Waals surface area contributed by atoms with Crippen molar-refractivity contribution in [3.63, 3.8) is 0 Å². The maximum Gasteiger partial charge on any atom is 0.335 e. The molecule has 0 aromatic heterocycles. The molecule has 236 valence electrons. The van der Waals surface area contributed by atoms with Gasteiger partial charge in [0, 0.05) is 19.6 Å². The van der Waals surface area contributed by atoms with Crippen LogP contribution in [0.3, 0.4) is 0 Å². The lowest BCUT2D eigenvalue weighted by Crippen LogP contribution is -2.62. The normalized spacial score (nSPS) is 39.5. The van der Waals surface area contributed by atoms with Crippen LogP contribution in [0.5, 0.6) is 0 Å². The molecule has 5 aliphatic carbocycles. The van der Waals surface area contributed by atoms with Crippen molar-refractivity contribution in [3.8, 4) is 0 Å². The van der Waals surface area contributed by atoms with Crippen LogP contribution in [0.1, 0.15) is 108 Å². The van der Waals surface area contributed by atoms with Gasteiger partial charge in [0.05, 0.1) is 17.6 Å². The summed E-state index contributed by atoms with van der Waals surface area (Å²) in [5.41, 5.74) is 3.31. The third-order valence-corrected chi connectivity index (χ3v) is 13.9. The molecule has 4 N–H and O–H groups in total. The Morgan fingerprint density at radius 3 is 2.33 bits per heavy atom. The number of aromatic carboxylic acids is 1. The first-order valence-corrected chi connectivity index (χ1v) is 17.1. The number of allylic oxidation sites excluding steroid dienone is 2. The van der Waals surface area contributed by atoms with E-state index in [1.807, 2.05) is 12.1 Å². The number of carboxylic acid groups (broad SMARTS) is 1. The molecular weight excluding hydrogens is 536 g/mol. The summed E-state index contributed by atoms with van der Waals surface area (Å²) in [5, 5.41) is 24.9.